The summed E-state index contributed by atoms with van der Waals surface area (Å²) in [5.41, 5.74) is 0.293. The van der Waals surface area contributed by atoms with Gasteiger partial charge in [-0.1, -0.05) is 0 Å². The second-order valence-corrected chi connectivity index (χ2v) is 3.28. The number of benzene rings is 1. The van der Waals surface area contributed by atoms with E-state index >= 15 is 0 Å². The lowest BCUT2D eigenvalue weighted by molar-refractivity contribution is 0.0587. The minimum atomic E-state index is -0.706. The Labute approximate surface area is 101 Å². The number of hydrogen-bond donors (Lipinski definition) is 0. The molecule has 0 atom stereocenters. The van der Waals surface area contributed by atoms with Crippen LogP contribution in [0.25, 0.3) is 5.69 Å². The molecule has 0 amide bonds. The number of nitriles is 1. The molecule has 18 heavy (non-hydrogen) atoms. The molecule has 1 aromatic heterocycles. The molecule has 0 aliphatic heterocycles. The Morgan fingerprint density at radius 2 is 2.33 bits per heavy atom. The Balaban J connectivity index is 2.41. The highest BCUT2D eigenvalue weighted by Gasteiger charge is 2.14. The number of ether oxygens (including phenoxy) is 1. The van der Waals surface area contributed by atoms with Crippen molar-refractivity contribution in [1.82, 2.24) is 14.8 Å². The van der Waals surface area contributed by atoms with Crippen LogP contribution in [0.3, 0.4) is 0 Å². The first-order chi connectivity index (χ1) is 8.65. The average Bonchev–Trinajstić information content (AvgIpc) is 2.87. The summed E-state index contributed by atoms with van der Waals surface area (Å²) in [7, 11) is 1.20. The molecule has 0 unspecified atom stereocenters. The number of halogens is 1. The number of aromatic nitrogens is 3. The molecule has 7 heteroatoms. The van der Waals surface area contributed by atoms with Gasteiger partial charge in [0.1, 0.15) is 17.8 Å². The number of nitrogens with zero attached hydrogens (tertiary/aromatic N) is 4. The van der Waals surface area contributed by atoms with Crippen LogP contribution in [0.15, 0.2) is 24.5 Å². The van der Waals surface area contributed by atoms with Gasteiger partial charge in [-0.05, 0) is 18.2 Å². The van der Waals surface area contributed by atoms with E-state index in [1.165, 1.54) is 25.6 Å². The van der Waals surface area contributed by atoms with Gasteiger partial charge >= 0.3 is 5.97 Å². The Bertz CT molecular complexity index is 645. The monoisotopic (exact) mass is 246 g/mol. The Morgan fingerprint density at radius 1 is 1.56 bits per heavy atom. The van der Waals surface area contributed by atoms with Crippen molar-refractivity contribution in [2.45, 2.75) is 0 Å². The maximum absolute atomic E-state index is 13.7. The van der Waals surface area contributed by atoms with E-state index in [2.05, 4.69) is 14.8 Å². The first-order valence-corrected chi connectivity index (χ1v) is 4.85. The largest absolute Gasteiger partial charge is 0.463 e. The second kappa shape index (κ2) is 4.63. The van der Waals surface area contributed by atoms with Gasteiger partial charge in [0.05, 0.1) is 18.7 Å². The fourth-order valence-electron chi connectivity index (χ4n) is 1.33. The summed E-state index contributed by atoms with van der Waals surface area (Å²) in [6.07, 6.45) is 1.19. The van der Waals surface area contributed by atoms with Crippen molar-refractivity contribution >= 4 is 5.97 Å². The number of hydrogen-bond acceptors (Lipinski definition) is 5. The van der Waals surface area contributed by atoms with Gasteiger partial charge in [-0.15, -0.1) is 5.10 Å². The lowest BCUT2D eigenvalue weighted by Gasteiger charge is -2.01. The lowest BCUT2D eigenvalue weighted by Crippen LogP contribution is -2.05. The van der Waals surface area contributed by atoms with E-state index in [0.717, 1.165) is 10.7 Å². The van der Waals surface area contributed by atoms with Gasteiger partial charge in [0.15, 0.2) is 0 Å². The topological polar surface area (TPSA) is 80.8 Å². The minimum Gasteiger partial charge on any atom is -0.463 e. The average molecular weight is 246 g/mol. The van der Waals surface area contributed by atoms with Crippen LogP contribution in [0.5, 0.6) is 0 Å². The number of carbonyl (C=O) groups excluding carboxylic acids is 1. The van der Waals surface area contributed by atoms with Gasteiger partial charge in [-0.3, -0.25) is 0 Å². The van der Waals surface area contributed by atoms with Crippen molar-refractivity contribution < 1.29 is 13.9 Å². The highest BCUT2D eigenvalue weighted by atomic mass is 19.1. The van der Waals surface area contributed by atoms with Crippen LogP contribution < -0.4 is 0 Å². The van der Waals surface area contributed by atoms with Gasteiger partial charge in [0, 0.05) is 0 Å². The van der Waals surface area contributed by atoms with Crippen LogP contribution in [0, 0.1) is 17.1 Å². The predicted octanol–water partition coefficient (Wildman–Crippen LogP) is 1.06. The van der Waals surface area contributed by atoms with Gasteiger partial charge in [-0.2, -0.15) is 5.26 Å². The number of carbonyl (C=O) groups is 1. The summed E-state index contributed by atoms with van der Waals surface area (Å²) in [6, 6.07) is 5.72. The van der Waals surface area contributed by atoms with Crippen LogP contribution >= 0.6 is 0 Å². The van der Waals surface area contributed by atoms with Crippen molar-refractivity contribution in [3.63, 3.8) is 0 Å². The molecule has 1 aromatic carbocycles. The third-order valence-electron chi connectivity index (χ3n) is 2.18. The zero-order chi connectivity index (χ0) is 13.1. The molecule has 0 aliphatic carbocycles. The van der Waals surface area contributed by atoms with Crippen molar-refractivity contribution in [2.24, 2.45) is 0 Å². The standard InChI is InChI=1S/C11H7FN4O2/c1-18-11(17)10-14-6-16(15-10)9-3-2-7(5-13)4-8(9)12/h2-4,6H,1H3. The quantitative estimate of drug-likeness (QED) is 0.740. The van der Waals surface area contributed by atoms with Gasteiger partial charge in [0.25, 0.3) is 5.82 Å². The van der Waals surface area contributed by atoms with E-state index in [1.807, 2.05) is 6.07 Å². The van der Waals surface area contributed by atoms with Gasteiger partial charge < -0.3 is 4.74 Å². The Kier molecular flexibility index (Phi) is 3.02. The lowest BCUT2D eigenvalue weighted by atomic mass is 10.2. The van der Waals surface area contributed by atoms with Crippen LogP contribution in [0.4, 0.5) is 4.39 Å². The molecular formula is C11H7FN4O2. The van der Waals surface area contributed by atoms with E-state index in [4.69, 9.17) is 5.26 Å². The zero-order valence-electron chi connectivity index (χ0n) is 9.29. The molecule has 90 valence electrons. The maximum atomic E-state index is 13.7. The van der Waals surface area contributed by atoms with Crippen molar-refractivity contribution in [3.05, 3.63) is 41.7 Å². The molecule has 0 fully saturated rings. The number of methoxy groups -OCH3 is 1. The van der Waals surface area contributed by atoms with Gasteiger partial charge in [-0.25, -0.2) is 18.9 Å². The number of esters is 1. The summed E-state index contributed by atoms with van der Waals surface area (Å²) >= 11 is 0. The minimum absolute atomic E-state index is 0.0941. The third-order valence-corrected chi connectivity index (χ3v) is 2.18. The molecule has 0 saturated heterocycles. The molecule has 2 aromatic rings. The zero-order valence-corrected chi connectivity index (χ0v) is 9.29. The molecule has 1 heterocycles. The van der Waals surface area contributed by atoms with Crippen LogP contribution in [0.1, 0.15) is 16.2 Å². The Morgan fingerprint density at radius 3 is 2.94 bits per heavy atom. The molecule has 0 saturated carbocycles. The second-order valence-electron chi connectivity index (χ2n) is 3.28. The molecular weight excluding hydrogens is 239 g/mol. The fourth-order valence-corrected chi connectivity index (χ4v) is 1.33. The first-order valence-electron chi connectivity index (χ1n) is 4.85. The fraction of sp³-hybridized carbons (Fsp3) is 0.0909. The molecule has 0 N–H and O–H groups in total. The third kappa shape index (κ3) is 2.04. The highest BCUT2D eigenvalue weighted by Crippen LogP contribution is 2.13. The van der Waals surface area contributed by atoms with Crippen LogP contribution in [0.2, 0.25) is 0 Å². The smallest absolute Gasteiger partial charge is 0.377 e. The molecule has 2 rings (SSSR count). The Hall–Kier alpha value is -2.75. The predicted molar refractivity (Wildman–Crippen MR) is 57.4 cm³/mol. The molecule has 0 spiro atoms. The first kappa shape index (κ1) is 11.7. The summed E-state index contributed by atoms with van der Waals surface area (Å²) in [4.78, 5) is 14.8. The normalized spacial score (nSPS) is 9.83. The summed E-state index contributed by atoms with van der Waals surface area (Å²) in [5, 5.41) is 12.4. The van der Waals surface area contributed by atoms with Crippen molar-refractivity contribution in [3.8, 4) is 11.8 Å². The van der Waals surface area contributed by atoms with E-state index in [1.54, 1.807) is 0 Å². The van der Waals surface area contributed by atoms with E-state index in [9.17, 15) is 9.18 Å². The highest BCUT2D eigenvalue weighted by molar-refractivity contribution is 5.84. The summed E-state index contributed by atoms with van der Waals surface area (Å²) < 4.78 is 19.2. The van der Waals surface area contributed by atoms with E-state index < -0.39 is 11.8 Å². The van der Waals surface area contributed by atoms with Crippen LogP contribution in [-0.4, -0.2) is 27.8 Å². The van der Waals surface area contributed by atoms with E-state index in [0.29, 0.717) is 0 Å². The van der Waals surface area contributed by atoms with Gasteiger partial charge in [0.2, 0.25) is 0 Å². The number of rotatable bonds is 2. The SMILES string of the molecule is COC(=O)c1ncn(-c2ccc(C#N)cc2F)n1. The van der Waals surface area contributed by atoms with Crippen molar-refractivity contribution in [2.75, 3.05) is 7.11 Å². The summed E-state index contributed by atoms with van der Waals surface area (Å²) in [6.45, 7) is 0. The maximum Gasteiger partial charge on any atom is 0.377 e. The summed E-state index contributed by atoms with van der Waals surface area (Å²) in [5.74, 6) is -1.50. The molecule has 6 nitrogen and oxygen atoms in total. The van der Waals surface area contributed by atoms with Crippen molar-refractivity contribution in [1.29, 1.82) is 5.26 Å². The van der Waals surface area contributed by atoms with E-state index in [-0.39, 0.29) is 17.1 Å². The molecule has 0 bridgehead atoms. The van der Waals surface area contributed by atoms with Crippen LogP contribution in [-0.2, 0) is 4.74 Å². The molecule has 0 aliphatic rings. The molecule has 0 radical (unpaired) electrons.